The van der Waals surface area contributed by atoms with Crippen LogP contribution < -0.4 is 10.2 Å². The molecule has 1 saturated heterocycles. The van der Waals surface area contributed by atoms with Gasteiger partial charge in [-0.2, -0.15) is 0 Å². The molecule has 0 unspecified atom stereocenters. The Labute approximate surface area is 152 Å². The minimum absolute atomic E-state index is 0.00924. The van der Waals surface area contributed by atoms with Crippen LogP contribution in [0.15, 0.2) is 42.7 Å². The lowest BCUT2D eigenvalue weighted by Crippen LogP contribution is -2.43. The Bertz CT molecular complexity index is 724. The van der Waals surface area contributed by atoms with E-state index < -0.39 is 0 Å². The Morgan fingerprint density at radius 2 is 1.96 bits per heavy atom. The first-order valence-electron chi connectivity index (χ1n) is 8.26. The van der Waals surface area contributed by atoms with Gasteiger partial charge in [0.05, 0.1) is 16.6 Å². The fourth-order valence-electron chi connectivity index (χ4n) is 3.20. The quantitative estimate of drug-likeness (QED) is 0.883. The van der Waals surface area contributed by atoms with Gasteiger partial charge in [-0.1, -0.05) is 23.7 Å². The summed E-state index contributed by atoms with van der Waals surface area (Å²) in [4.78, 5) is 25.5. The van der Waals surface area contributed by atoms with Crippen LogP contribution in [0.25, 0.3) is 0 Å². The number of hydrogen-bond acceptors (Lipinski definition) is 5. The Morgan fingerprint density at radius 3 is 2.64 bits per heavy atom. The third-order valence-electron chi connectivity index (χ3n) is 4.31. The van der Waals surface area contributed by atoms with Crippen molar-refractivity contribution in [1.29, 1.82) is 0 Å². The highest BCUT2D eigenvalue weighted by atomic mass is 35.5. The first kappa shape index (κ1) is 17.6. The van der Waals surface area contributed by atoms with Gasteiger partial charge in [0.1, 0.15) is 0 Å². The molecule has 1 amide bonds. The van der Waals surface area contributed by atoms with Crippen molar-refractivity contribution in [1.82, 2.24) is 20.2 Å². The maximum absolute atomic E-state index is 12.6. The molecule has 2 aromatic rings. The predicted molar refractivity (Wildman–Crippen MR) is 99.0 cm³/mol. The molecule has 1 aliphatic rings. The van der Waals surface area contributed by atoms with E-state index in [-0.39, 0.29) is 17.9 Å². The predicted octanol–water partition coefficient (Wildman–Crippen LogP) is 1.93. The van der Waals surface area contributed by atoms with Gasteiger partial charge in [-0.05, 0) is 32.3 Å². The van der Waals surface area contributed by atoms with E-state index in [1.165, 1.54) is 0 Å². The number of benzene rings is 1. The van der Waals surface area contributed by atoms with Gasteiger partial charge in [0.15, 0.2) is 0 Å². The second-order valence-electron chi connectivity index (χ2n) is 6.54. The molecular formula is C18H22ClN5O. The summed E-state index contributed by atoms with van der Waals surface area (Å²) in [7, 11) is 4.07. The van der Waals surface area contributed by atoms with Gasteiger partial charge >= 0.3 is 0 Å². The van der Waals surface area contributed by atoms with E-state index in [0.29, 0.717) is 23.1 Å². The molecule has 1 N–H and O–H groups in total. The highest BCUT2D eigenvalue weighted by molar-refractivity contribution is 6.33. The second-order valence-corrected chi connectivity index (χ2v) is 6.94. The molecular weight excluding hydrogens is 338 g/mol. The number of carbonyl (C=O) groups excluding carboxylic acids is 1. The third kappa shape index (κ3) is 4.27. The van der Waals surface area contributed by atoms with E-state index in [4.69, 9.17) is 11.6 Å². The van der Waals surface area contributed by atoms with E-state index in [2.05, 4.69) is 25.1 Å². The van der Waals surface area contributed by atoms with Crippen LogP contribution in [0.3, 0.4) is 0 Å². The van der Waals surface area contributed by atoms with Crippen LogP contribution in [0, 0.1) is 5.92 Å². The minimum atomic E-state index is -0.143. The normalized spacial score (nSPS) is 20.1. The molecule has 1 aliphatic heterocycles. The van der Waals surface area contributed by atoms with Crippen LogP contribution in [-0.2, 0) is 0 Å². The zero-order valence-corrected chi connectivity index (χ0v) is 15.1. The molecule has 1 aromatic carbocycles. The summed E-state index contributed by atoms with van der Waals surface area (Å²) in [5.74, 6) is 0.834. The molecule has 7 heteroatoms. The van der Waals surface area contributed by atoms with E-state index in [0.717, 1.165) is 13.1 Å². The van der Waals surface area contributed by atoms with Gasteiger partial charge in [-0.15, -0.1) is 0 Å². The van der Waals surface area contributed by atoms with Crippen molar-refractivity contribution >= 4 is 23.5 Å². The fraction of sp³-hybridized carbons (Fsp3) is 0.389. The van der Waals surface area contributed by atoms with Gasteiger partial charge in [0, 0.05) is 37.9 Å². The molecule has 1 fully saturated rings. The summed E-state index contributed by atoms with van der Waals surface area (Å²) < 4.78 is 0. The summed E-state index contributed by atoms with van der Waals surface area (Å²) in [5.41, 5.74) is 0.502. The average Bonchev–Trinajstić information content (AvgIpc) is 2.98. The van der Waals surface area contributed by atoms with Crippen LogP contribution in [0.2, 0.25) is 5.02 Å². The van der Waals surface area contributed by atoms with Crippen molar-refractivity contribution in [2.45, 2.75) is 6.04 Å². The van der Waals surface area contributed by atoms with E-state index in [1.54, 1.807) is 30.6 Å². The number of nitrogens with zero attached hydrogens (tertiary/aromatic N) is 4. The summed E-state index contributed by atoms with van der Waals surface area (Å²) in [5, 5.41) is 3.61. The zero-order valence-electron chi connectivity index (χ0n) is 14.4. The van der Waals surface area contributed by atoms with Crippen molar-refractivity contribution in [3.63, 3.8) is 0 Å². The molecule has 0 saturated carbocycles. The number of amides is 1. The van der Waals surface area contributed by atoms with Crippen molar-refractivity contribution in [2.24, 2.45) is 5.92 Å². The Balaban J connectivity index is 1.75. The third-order valence-corrected chi connectivity index (χ3v) is 4.64. The maximum Gasteiger partial charge on any atom is 0.253 e. The van der Waals surface area contributed by atoms with E-state index in [1.807, 2.05) is 26.2 Å². The Morgan fingerprint density at radius 1 is 1.24 bits per heavy atom. The van der Waals surface area contributed by atoms with Gasteiger partial charge in [-0.3, -0.25) is 4.79 Å². The molecule has 1 aromatic heterocycles. The fourth-order valence-corrected chi connectivity index (χ4v) is 3.42. The number of carbonyl (C=O) groups is 1. The highest BCUT2D eigenvalue weighted by Crippen LogP contribution is 2.23. The van der Waals surface area contributed by atoms with Gasteiger partial charge in [-0.25, -0.2) is 9.97 Å². The van der Waals surface area contributed by atoms with Crippen molar-refractivity contribution < 1.29 is 4.79 Å². The van der Waals surface area contributed by atoms with Crippen LogP contribution in [0.4, 0.5) is 5.95 Å². The Kier molecular flexibility index (Phi) is 5.50. The lowest BCUT2D eigenvalue weighted by molar-refractivity contribution is 0.0928. The van der Waals surface area contributed by atoms with Gasteiger partial charge in [0.25, 0.3) is 5.91 Å². The molecule has 6 nitrogen and oxygen atoms in total. The molecule has 3 rings (SSSR count). The molecule has 2 atom stereocenters. The zero-order chi connectivity index (χ0) is 17.8. The van der Waals surface area contributed by atoms with Crippen molar-refractivity contribution in [2.75, 3.05) is 38.6 Å². The minimum Gasteiger partial charge on any atom is -0.347 e. The maximum atomic E-state index is 12.6. The number of rotatable bonds is 5. The smallest absolute Gasteiger partial charge is 0.253 e. The topological polar surface area (TPSA) is 61.4 Å². The number of nitrogens with one attached hydrogen (secondary N) is 1. The number of aromatic nitrogens is 2. The number of halogens is 1. The summed E-state index contributed by atoms with van der Waals surface area (Å²) in [6.07, 6.45) is 3.47. The average molecular weight is 360 g/mol. The molecule has 0 aliphatic carbocycles. The van der Waals surface area contributed by atoms with E-state index in [9.17, 15) is 4.79 Å². The number of anilines is 1. The lowest BCUT2D eigenvalue weighted by Gasteiger charge is -2.22. The summed E-state index contributed by atoms with van der Waals surface area (Å²) in [6, 6.07) is 8.91. The van der Waals surface area contributed by atoms with Crippen LogP contribution in [-0.4, -0.2) is 60.5 Å². The highest BCUT2D eigenvalue weighted by Gasteiger charge is 2.35. The first-order valence-corrected chi connectivity index (χ1v) is 8.64. The molecule has 0 bridgehead atoms. The van der Waals surface area contributed by atoms with Crippen LogP contribution >= 0.6 is 11.6 Å². The molecule has 25 heavy (non-hydrogen) atoms. The van der Waals surface area contributed by atoms with Gasteiger partial charge in [0.2, 0.25) is 5.95 Å². The molecule has 132 valence electrons. The van der Waals surface area contributed by atoms with Crippen molar-refractivity contribution in [3.05, 3.63) is 53.3 Å². The largest absolute Gasteiger partial charge is 0.347 e. The van der Waals surface area contributed by atoms with Crippen LogP contribution in [0.5, 0.6) is 0 Å². The second kappa shape index (κ2) is 7.80. The molecule has 0 spiro atoms. The van der Waals surface area contributed by atoms with Crippen LogP contribution in [0.1, 0.15) is 10.4 Å². The molecule has 0 radical (unpaired) electrons. The van der Waals surface area contributed by atoms with E-state index >= 15 is 0 Å². The number of hydrogen-bond donors (Lipinski definition) is 1. The first-order chi connectivity index (χ1) is 12.0. The Hall–Kier alpha value is -2.18. The lowest BCUT2D eigenvalue weighted by atomic mass is 10.0. The van der Waals surface area contributed by atoms with Gasteiger partial charge < -0.3 is 15.1 Å². The standard InChI is InChI=1S/C18H22ClN5O/c1-23(2)10-13-11-24(18-20-8-5-9-21-18)12-16(13)22-17(25)14-6-3-4-7-15(14)19/h3-9,13,16H,10-12H2,1-2H3,(H,22,25)/t13-,16-/m1/s1. The summed E-state index contributed by atoms with van der Waals surface area (Å²) >= 11 is 6.15. The van der Waals surface area contributed by atoms with Crippen molar-refractivity contribution in [3.8, 4) is 0 Å². The summed E-state index contributed by atoms with van der Waals surface area (Å²) in [6.45, 7) is 2.35. The monoisotopic (exact) mass is 359 g/mol. The molecule has 2 heterocycles. The SMILES string of the molecule is CN(C)C[C@@H]1CN(c2ncccn2)C[C@H]1NC(=O)c1ccccc1Cl.